The van der Waals surface area contributed by atoms with Gasteiger partial charge in [0.1, 0.15) is 4.90 Å². The molecular formula is C16H20N4O6S2. The van der Waals surface area contributed by atoms with E-state index in [2.05, 4.69) is 15.3 Å². The highest BCUT2D eigenvalue weighted by Crippen LogP contribution is 2.22. The second-order valence-electron chi connectivity index (χ2n) is 5.70. The maximum Gasteiger partial charge on any atom is 0.335 e. The summed E-state index contributed by atoms with van der Waals surface area (Å²) in [4.78, 5) is 19.1. The number of hydrogen-bond donors (Lipinski definition) is 2. The Morgan fingerprint density at radius 3 is 2.36 bits per heavy atom. The van der Waals surface area contributed by atoms with Crippen molar-refractivity contribution in [2.75, 3.05) is 18.2 Å². The van der Waals surface area contributed by atoms with Crippen LogP contribution in [0.4, 0.5) is 10.7 Å². The van der Waals surface area contributed by atoms with Gasteiger partial charge in [-0.25, -0.2) is 31.3 Å². The highest BCUT2D eigenvalue weighted by atomic mass is 32.2. The van der Waals surface area contributed by atoms with Crippen molar-refractivity contribution in [2.24, 2.45) is 0 Å². The number of anilines is 1. The van der Waals surface area contributed by atoms with Gasteiger partial charge in [0.05, 0.1) is 17.8 Å². The van der Waals surface area contributed by atoms with Crippen LogP contribution in [0.1, 0.15) is 19.0 Å². The molecule has 2 rings (SSSR count). The number of sulfonamides is 1. The zero-order valence-corrected chi connectivity index (χ0v) is 17.1. The number of carbonyl (C=O) groups excluding carboxylic acids is 1. The third kappa shape index (κ3) is 5.16. The summed E-state index contributed by atoms with van der Waals surface area (Å²) in [5.74, 6) is -0.207. The summed E-state index contributed by atoms with van der Waals surface area (Å²) in [5.41, 5.74) is 0.487. The fourth-order valence-corrected chi connectivity index (χ4v) is 5.44. The molecule has 2 N–H and O–H groups in total. The SMILES string of the molecule is CCCS(=O)(=O)c1ccccc1S(=O)(=O)NC(=O)Nc1nc(C)cc(OC)n1. The molecule has 0 aliphatic carbocycles. The molecule has 12 heteroatoms. The van der Waals surface area contributed by atoms with E-state index < -0.39 is 30.8 Å². The van der Waals surface area contributed by atoms with Crippen molar-refractivity contribution in [3.8, 4) is 5.88 Å². The number of carbonyl (C=O) groups is 1. The number of nitrogens with zero attached hydrogens (tertiary/aromatic N) is 2. The van der Waals surface area contributed by atoms with E-state index in [1.165, 1.54) is 31.4 Å². The zero-order chi connectivity index (χ0) is 20.9. The van der Waals surface area contributed by atoms with Crippen molar-refractivity contribution in [2.45, 2.75) is 30.1 Å². The summed E-state index contributed by atoms with van der Waals surface area (Å²) in [7, 11) is -6.91. The van der Waals surface area contributed by atoms with E-state index in [0.717, 1.165) is 6.07 Å². The fraction of sp³-hybridized carbons (Fsp3) is 0.312. The van der Waals surface area contributed by atoms with E-state index in [1.807, 2.05) is 0 Å². The van der Waals surface area contributed by atoms with Gasteiger partial charge in [-0.1, -0.05) is 19.1 Å². The molecule has 10 nitrogen and oxygen atoms in total. The molecule has 1 heterocycles. The number of sulfone groups is 1. The van der Waals surface area contributed by atoms with Gasteiger partial charge in [0.25, 0.3) is 10.0 Å². The molecule has 1 aromatic heterocycles. The lowest BCUT2D eigenvalue weighted by Crippen LogP contribution is -2.35. The van der Waals surface area contributed by atoms with Gasteiger partial charge in [-0.2, -0.15) is 4.98 Å². The van der Waals surface area contributed by atoms with Crippen molar-refractivity contribution >= 4 is 31.8 Å². The van der Waals surface area contributed by atoms with Crippen LogP contribution in [0.15, 0.2) is 40.1 Å². The van der Waals surface area contributed by atoms with E-state index in [0.29, 0.717) is 12.1 Å². The first-order valence-corrected chi connectivity index (χ1v) is 11.3. The van der Waals surface area contributed by atoms with Crippen molar-refractivity contribution < 1.29 is 26.4 Å². The number of urea groups is 1. The standard InChI is InChI=1S/C16H20N4O6S2/c1-4-9-27(22,23)12-7-5-6-8-13(12)28(24,25)20-16(21)19-15-17-11(2)10-14(18-15)26-3/h5-8,10H,4,9H2,1-3H3,(H2,17,18,19,20,21). The molecule has 1 aromatic carbocycles. The Morgan fingerprint density at radius 2 is 1.75 bits per heavy atom. The monoisotopic (exact) mass is 428 g/mol. The average molecular weight is 428 g/mol. The van der Waals surface area contributed by atoms with E-state index in [-0.39, 0.29) is 22.5 Å². The van der Waals surface area contributed by atoms with Gasteiger partial charge in [-0.15, -0.1) is 0 Å². The summed E-state index contributed by atoms with van der Waals surface area (Å²) in [6.45, 7) is 3.30. The summed E-state index contributed by atoms with van der Waals surface area (Å²) in [6.07, 6.45) is 0.317. The summed E-state index contributed by atoms with van der Waals surface area (Å²) < 4.78 is 56.6. The molecule has 2 amide bonds. The average Bonchev–Trinajstić information content (AvgIpc) is 2.60. The maximum absolute atomic E-state index is 12.6. The number of methoxy groups -OCH3 is 1. The Morgan fingerprint density at radius 1 is 1.11 bits per heavy atom. The lowest BCUT2D eigenvalue weighted by Gasteiger charge is -2.12. The van der Waals surface area contributed by atoms with Gasteiger partial charge in [0, 0.05) is 11.8 Å². The molecule has 0 spiro atoms. The summed E-state index contributed by atoms with van der Waals surface area (Å²) in [5, 5.41) is 2.19. The minimum Gasteiger partial charge on any atom is -0.481 e. The quantitative estimate of drug-likeness (QED) is 0.675. The first-order chi connectivity index (χ1) is 13.1. The Hall–Kier alpha value is -2.73. The third-order valence-corrected chi connectivity index (χ3v) is 6.93. The minimum absolute atomic E-state index is 0.170. The van der Waals surface area contributed by atoms with Gasteiger partial charge in [-0.3, -0.25) is 5.32 Å². The second kappa shape index (κ2) is 8.52. The molecule has 0 radical (unpaired) electrons. The largest absolute Gasteiger partial charge is 0.481 e. The Balaban J connectivity index is 2.30. The summed E-state index contributed by atoms with van der Waals surface area (Å²) in [6, 6.07) is 5.46. The molecule has 0 aliphatic heterocycles. The zero-order valence-electron chi connectivity index (χ0n) is 15.5. The molecule has 0 saturated carbocycles. The molecule has 0 unspecified atom stereocenters. The van der Waals surface area contributed by atoms with Crippen LogP contribution in [0, 0.1) is 6.92 Å². The van der Waals surface area contributed by atoms with Gasteiger partial charge < -0.3 is 4.74 Å². The van der Waals surface area contributed by atoms with Gasteiger partial charge in [-0.05, 0) is 25.5 Å². The number of benzene rings is 1. The number of rotatable bonds is 7. The number of amides is 2. The normalized spacial score (nSPS) is 11.7. The molecule has 0 atom stereocenters. The number of nitrogens with one attached hydrogen (secondary N) is 2. The molecule has 0 saturated heterocycles. The first kappa shape index (κ1) is 21.6. The predicted octanol–water partition coefficient (Wildman–Crippen LogP) is 1.49. The lowest BCUT2D eigenvalue weighted by atomic mass is 10.4. The topological polar surface area (TPSA) is 144 Å². The molecule has 0 fully saturated rings. The van der Waals surface area contributed by atoms with Gasteiger partial charge in [0.2, 0.25) is 11.8 Å². The Bertz CT molecular complexity index is 1080. The van der Waals surface area contributed by atoms with E-state index in [9.17, 15) is 21.6 Å². The molecule has 28 heavy (non-hydrogen) atoms. The number of hydrogen-bond acceptors (Lipinski definition) is 8. The Labute approximate surface area is 163 Å². The molecule has 152 valence electrons. The van der Waals surface area contributed by atoms with Crippen molar-refractivity contribution in [3.63, 3.8) is 0 Å². The molecule has 0 aliphatic rings. The Kier molecular flexibility index (Phi) is 6.56. The lowest BCUT2D eigenvalue weighted by molar-refractivity contribution is 0.256. The van der Waals surface area contributed by atoms with Crippen LogP contribution in [0.2, 0.25) is 0 Å². The third-order valence-electron chi connectivity index (χ3n) is 3.44. The van der Waals surface area contributed by atoms with Crippen LogP contribution in [-0.2, 0) is 19.9 Å². The first-order valence-electron chi connectivity index (χ1n) is 8.14. The highest BCUT2D eigenvalue weighted by molar-refractivity contribution is 7.94. The smallest absolute Gasteiger partial charge is 0.335 e. The van der Waals surface area contributed by atoms with E-state index >= 15 is 0 Å². The van der Waals surface area contributed by atoms with Crippen molar-refractivity contribution in [3.05, 3.63) is 36.0 Å². The second-order valence-corrected chi connectivity index (χ2v) is 9.43. The summed E-state index contributed by atoms with van der Waals surface area (Å²) >= 11 is 0. The van der Waals surface area contributed by atoms with Crippen LogP contribution in [0.25, 0.3) is 0 Å². The predicted molar refractivity (Wildman–Crippen MR) is 101 cm³/mol. The van der Waals surface area contributed by atoms with Crippen LogP contribution in [0.3, 0.4) is 0 Å². The molecule has 0 bridgehead atoms. The fourth-order valence-electron chi connectivity index (χ4n) is 2.31. The number of ether oxygens (including phenoxy) is 1. The van der Waals surface area contributed by atoms with Crippen LogP contribution < -0.4 is 14.8 Å². The van der Waals surface area contributed by atoms with Crippen LogP contribution in [0.5, 0.6) is 5.88 Å². The molecule has 2 aromatic rings. The number of aryl methyl sites for hydroxylation is 1. The van der Waals surface area contributed by atoms with Crippen molar-refractivity contribution in [1.82, 2.24) is 14.7 Å². The number of aromatic nitrogens is 2. The minimum atomic E-state index is -4.47. The van der Waals surface area contributed by atoms with E-state index in [4.69, 9.17) is 4.74 Å². The van der Waals surface area contributed by atoms with Crippen LogP contribution >= 0.6 is 0 Å². The van der Waals surface area contributed by atoms with Gasteiger partial charge in [0.15, 0.2) is 9.84 Å². The van der Waals surface area contributed by atoms with Crippen molar-refractivity contribution in [1.29, 1.82) is 0 Å². The molecular weight excluding hydrogens is 408 g/mol. The van der Waals surface area contributed by atoms with Crippen LogP contribution in [-0.4, -0.2) is 45.7 Å². The van der Waals surface area contributed by atoms with E-state index in [1.54, 1.807) is 18.6 Å². The van der Waals surface area contributed by atoms with Gasteiger partial charge >= 0.3 is 6.03 Å². The maximum atomic E-state index is 12.6. The highest BCUT2D eigenvalue weighted by Gasteiger charge is 2.27.